The van der Waals surface area contributed by atoms with Gasteiger partial charge in [0.2, 0.25) is 5.91 Å². The summed E-state index contributed by atoms with van der Waals surface area (Å²) in [6.07, 6.45) is 4.88. The average Bonchev–Trinajstić information content (AvgIpc) is 3.03. The molecular formula is C27H27N5O2. The lowest BCUT2D eigenvalue weighted by Crippen LogP contribution is -2.54. The van der Waals surface area contributed by atoms with E-state index in [1.165, 1.54) is 0 Å². The zero-order chi connectivity index (χ0) is 24.3. The van der Waals surface area contributed by atoms with Crippen LogP contribution in [0.1, 0.15) is 45.6 Å². The van der Waals surface area contributed by atoms with Crippen LogP contribution >= 0.6 is 0 Å². The number of allylic oxidation sites excluding steroid dienone is 1. The number of benzene rings is 1. The molecule has 7 heteroatoms. The van der Waals surface area contributed by atoms with E-state index in [-0.39, 0.29) is 34.9 Å². The third-order valence-corrected chi connectivity index (χ3v) is 7.00. The van der Waals surface area contributed by atoms with Gasteiger partial charge in [0.15, 0.2) is 5.78 Å². The number of nitrogens with zero attached hydrogens (tertiary/aromatic N) is 4. The average molecular weight is 454 g/mol. The summed E-state index contributed by atoms with van der Waals surface area (Å²) in [6.45, 7) is 6.57. The number of hydrogen-bond acceptors (Lipinski definition) is 6. The van der Waals surface area contributed by atoms with Gasteiger partial charge in [-0.05, 0) is 36.5 Å². The first kappa shape index (κ1) is 21.9. The lowest BCUT2D eigenvalue weighted by atomic mass is 9.60. The summed E-state index contributed by atoms with van der Waals surface area (Å²) in [5.74, 6) is -0.232. The fraction of sp³-hybridized carbons (Fsp3) is 0.333. The number of aromatic nitrogens is 1. The first-order chi connectivity index (χ1) is 16.3. The van der Waals surface area contributed by atoms with Crippen molar-refractivity contribution in [1.29, 1.82) is 5.26 Å². The second-order valence-electron chi connectivity index (χ2n) is 9.91. The molecule has 1 aromatic heterocycles. The van der Waals surface area contributed by atoms with E-state index in [0.29, 0.717) is 35.5 Å². The fourth-order valence-electron chi connectivity index (χ4n) is 5.78. The minimum absolute atomic E-state index is 0.0965. The smallest absolute Gasteiger partial charge is 0.247 e. The molecule has 1 aromatic carbocycles. The van der Waals surface area contributed by atoms with Crippen molar-refractivity contribution in [3.63, 3.8) is 0 Å². The van der Waals surface area contributed by atoms with E-state index in [2.05, 4.69) is 11.1 Å². The molecule has 1 amide bonds. The van der Waals surface area contributed by atoms with Gasteiger partial charge in [0.1, 0.15) is 17.3 Å². The van der Waals surface area contributed by atoms with Crippen molar-refractivity contribution < 1.29 is 9.59 Å². The number of fused-ring (bicyclic) bond motifs is 3. The molecule has 5 rings (SSSR count). The normalized spacial score (nSPS) is 23.4. The molecule has 7 nitrogen and oxygen atoms in total. The predicted molar refractivity (Wildman–Crippen MR) is 129 cm³/mol. The first-order valence-corrected chi connectivity index (χ1v) is 11.6. The van der Waals surface area contributed by atoms with Crippen LogP contribution in [0.4, 0.5) is 11.4 Å². The van der Waals surface area contributed by atoms with Gasteiger partial charge in [-0.1, -0.05) is 39.0 Å². The first-order valence-electron chi connectivity index (χ1n) is 11.6. The van der Waals surface area contributed by atoms with Crippen LogP contribution in [-0.4, -0.2) is 23.2 Å². The van der Waals surface area contributed by atoms with E-state index in [1.54, 1.807) is 28.3 Å². The Morgan fingerprint density at radius 2 is 1.91 bits per heavy atom. The van der Waals surface area contributed by atoms with Gasteiger partial charge < -0.3 is 10.6 Å². The Morgan fingerprint density at radius 3 is 2.59 bits per heavy atom. The van der Waals surface area contributed by atoms with E-state index >= 15 is 0 Å². The van der Waals surface area contributed by atoms with Crippen molar-refractivity contribution in [3.8, 4) is 6.07 Å². The third kappa shape index (κ3) is 2.78. The molecule has 2 aliphatic heterocycles. The van der Waals surface area contributed by atoms with Crippen LogP contribution in [0.15, 0.2) is 71.5 Å². The zero-order valence-electron chi connectivity index (χ0n) is 19.6. The van der Waals surface area contributed by atoms with E-state index in [9.17, 15) is 14.9 Å². The van der Waals surface area contributed by atoms with Crippen molar-refractivity contribution in [2.75, 3.05) is 16.3 Å². The highest BCUT2D eigenvalue weighted by Gasteiger charge is 2.63. The Bertz CT molecular complexity index is 1320. The van der Waals surface area contributed by atoms with Crippen molar-refractivity contribution in [2.24, 2.45) is 11.1 Å². The summed E-state index contributed by atoms with van der Waals surface area (Å²) in [4.78, 5) is 35.9. The van der Waals surface area contributed by atoms with Crippen LogP contribution in [0.2, 0.25) is 0 Å². The molecule has 2 aromatic rings. The summed E-state index contributed by atoms with van der Waals surface area (Å²) in [6, 6.07) is 13.3. The molecule has 3 heterocycles. The van der Waals surface area contributed by atoms with Crippen molar-refractivity contribution >= 4 is 23.1 Å². The number of ketones is 1. The van der Waals surface area contributed by atoms with Gasteiger partial charge in [-0.15, -0.1) is 0 Å². The molecular weight excluding hydrogens is 426 g/mol. The number of hydrogen-bond donors (Lipinski definition) is 1. The van der Waals surface area contributed by atoms with Gasteiger partial charge in [-0.25, -0.2) is 0 Å². The lowest BCUT2D eigenvalue weighted by Gasteiger charge is -2.46. The molecule has 0 saturated heterocycles. The molecule has 1 aliphatic carbocycles. The highest BCUT2D eigenvalue weighted by molar-refractivity contribution is 6.20. The fourth-order valence-corrected chi connectivity index (χ4v) is 5.78. The molecule has 0 radical (unpaired) electrons. The van der Waals surface area contributed by atoms with Crippen molar-refractivity contribution in [2.45, 2.75) is 45.4 Å². The van der Waals surface area contributed by atoms with Gasteiger partial charge in [-0.2, -0.15) is 5.26 Å². The number of nitriles is 1. The van der Waals surface area contributed by atoms with Crippen LogP contribution in [0.25, 0.3) is 0 Å². The largest absolute Gasteiger partial charge is 0.384 e. The number of anilines is 2. The predicted octanol–water partition coefficient (Wildman–Crippen LogP) is 3.93. The Hall–Kier alpha value is -3.92. The topological polar surface area (TPSA) is 103 Å². The van der Waals surface area contributed by atoms with Gasteiger partial charge in [-0.3, -0.25) is 19.5 Å². The second-order valence-corrected chi connectivity index (χ2v) is 9.91. The third-order valence-electron chi connectivity index (χ3n) is 7.00. The Kier molecular flexibility index (Phi) is 4.87. The standard InChI is InChI=1S/C27H27N5O2/c1-4-12-31-20-10-6-5-9-18(20)27(25(31)34)19(15-28)24(29)32(17-8-7-11-30-16-17)21-13-26(2,3)14-22(33)23(21)27/h5-11,16H,4,12-14,29H2,1-3H3/t27-/m1/s1. The number of nitrogens with two attached hydrogens (primary N) is 1. The van der Waals surface area contributed by atoms with Crippen molar-refractivity contribution in [3.05, 3.63) is 77.0 Å². The SMILES string of the molecule is CCCN1C(=O)[C@@]2(C(C#N)=C(N)N(c3cccnc3)C3=C2C(=O)CC(C)(C)C3)c2ccccc21. The highest BCUT2D eigenvalue weighted by Crippen LogP contribution is 2.58. The number of carbonyl (C=O) groups is 2. The number of rotatable bonds is 3. The number of amides is 1. The Labute approximate surface area is 199 Å². The molecule has 0 unspecified atom stereocenters. The van der Waals surface area contributed by atoms with Crippen LogP contribution in [0.5, 0.6) is 0 Å². The lowest BCUT2D eigenvalue weighted by molar-refractivity contribution is -0.125. The molecule has 0 fully saturated rings. The van der Waals surface area contributed by atoms with Gasteiger partial charge in [0, 0.05) is 41.7 Å². The Morgan fingerprint density at radius 1 is 1.15 bits per heavy atom. The molecule has 172 valence electrons. The van der Waals surface area contributed by atoms with Crippen LogP contribution < -0.4 is 15.5 Å². The number of Topliss-reactive ketones (excluding diaryl/α,β-unsaturated/α-hetero) is 1. The van der Waals surface area contributed by atoms with Crippen molar-refractivity contribution in [1.82, 2.24) is 4.98 Å². The maximum absolute atomic E-state index is 14.3. The van der Waals surface area contributed by atoms with Crippen LogP contribution in [0.3, 0.4) is 0 Å². The maximum Gasteiger partial charge on any atom is 0.247 e. The van der Waals surface area contributed by atoms with E-state index < -0.39 is 5.41 Å². The summed E-state index contributed by atoms with van der Waals surface area (Å²) in [5.41, 5.74) is 8.06. The monoisotopic (exact) mass is 453 g/mol. The Balaban J connectivity index is 1.90. The maximum atomic E-state index is 14.3. The summed E-state index contributed by atoms with van der Waals surface area (Å²) < 4.78 is 0. The van der Waals surface area contributed by atoms with E-state index in [4.69, 9.17) is 5.73 Å². The molecule has 1 spiro atoms. The van der Waals surface area contributed by atoms with Gasteiger partial charge >= 0.3 is 0 Å². The zero-order valence-corrected chi connectivity index (χ0v) is 19.6. The minimum atomic E-state index is -1.54. The highest BCUT2D eigenvalue weighted by atomic mass is 16.2. The summed E-state index contributed by atoms with van der Waals surface area (Å²) in [7, 11) is 0. The van der Waals surface area contributed by atoms with Crippen LogP contribution in [0, 0.1) is 16.7 Å². The molecule has 2 N–H and O–H groups in total. The number of para-hydroxylation sites is 1. The van der Waals surface area contributed by atoms with E-state index in [1.807, 2.05) is 51.1 Å². The molecule has 34 heavy (non-hydrogen) atoms. The van der Waals surface area contributed by atoms with Gasteiger partial charge in [0.05, 0.1) is 17.5 Å². The number of pyridine rings is 1. The number of carbonyl (C=O) groups excluding carboxylic acids is 2. The summed E-state index contributed by atoms with van der Waals surface area (Å²) in [5, 5.41) is 10.5. The molecule has 3 aliphatic rings. The summed E-state index contributed by atoms with van der Waals surface area (Å²) >= 11 is 0. The molecule has 1 atom stereocenters. The molecule has 0 bridgehead atoms. The van der Waals surface area contributed by atoms with E-state index in [0.717, 1.165) is 12.1 Å². The quantitative estimate of drug-likeness (QED) is 0.755. The van der Waals surface area contributed by atoms with Crippen LogP contribution in [-0.2, 0) is 15.0 Å². The minimum Gasteiger partial charge on any atom is -0.384 e. The second kappa shape index (κ2) is 7.56. The molecule has 0 saturated carbocycles. The van der Waals surface area contributed by atoms with Gasteiger partial charge in [0.25, 0.3) is 0 Å².